The minimum absolute atomic E-state index is 0.00225. The fraction of sp³-hybridized carbons (Fsp3) is 0.395. The van der Waals surface area contributed by atoms with E-state index in [1.165, 1.54) is 16.7 Å². The average molecular weight is 812 g/mol. The van der Waals surface area contributed by atoms with Crippen LogP contribution in [0.2, 0.25) is 0 Å². The van der Waals surface area contributed by atoms with Crippen LogP contribution in [0.25, 0.3) is 0 Å². The first-order valence-corrected chi connectivity index (χ1v) is 19.4. The second-order valence-corrected chi connectivity index (χ2v) is 14.8. The summed E-state index contributed by atoms with van der Waals surface area (Å²) >= 11 is 0. The molecule has 2 aliphatic rings. The lowest BCUT2D eigenvalue weighted by Gasteiger charge is -2.40. The number of amides is 5. The molecule has 0 saturated heterocycles. The lowest BCUT2D eigenvalue weighted by Crippen LogP contribution is -2.61. The minimum Gasteiger partial charge on any atom is -0.481 e. The molecule has 5 rings (SSSR count). The Morgan fingerprint density at radius 1 is 0.881 bits per heavy atom. The number of aryl methyl sites for hydroxylation is 1. The number of carbonyl (C=O) groups excluding carboxylic acids is 6. The van der Waals surface area contributed by atoms with Crippen LogP contribution < -0.4 is 20.9 Å². The molecule has 2 aliphatic heterocycles. The van der Waals surface area contributed by atoms with E-state index >= 15 is 0 Å². The van der Waals surface area contributed by atoms with Crippen LogP contribution in [0.15, 0.2) is 72.8 Å². The average Bonchev–Trinajstić information content (AvgIpc) is 3.61. The number of anilines is 1. The van der Waals surface area contributed by atoms with Crippen LogP contribution in [0.5, 0.6) is 0 Å². The molecule has 6 atom stereocenters. The van der Waals surface area contributed by atoms with E-state index in [2.05, 4.69) is 16.0 Å². The number of para-hydroxylation sites is 1. The van der Waals surface area contributed by atoms with Crippen LogP contribution >= 0.6 is 0 Å². The van der Waals surface area contributed by atoms with E-state index in [-0.39, 0.29) is 38.8 Å². The fourth-order valence-electron chi connectivity index (χ4n) is 7.55. The van der Waals surface area contributed by atoms with Gasteiger partial charge in [-0.15, -0.1) is 0 Å². The van der Waals surface area contributed by atoms with Crippen molar-refractivity contribution >= 4 is 53.4 Å². The van der Waals surface area contributed by atoms with Gasteiger partial charge in [0.2, 0.25) is 29.5 Å². The van der Waals surface area contributed by atoms with Crippen molar-refractivity contribution < 1.29 is 53.3 Å². The quantitative estimate of drug-likeness (QED) is 0.117. The molecule has 2 heterocycles. The lowest BCUT2D eigenvalue weighted by molar-refractivity contribution is -0.148. The van der Waals surface area contributed by atoms with Crippen molar-refractivity contribution in [2.24, 2.45) is 0 Å². The van der Waals surface area contributed by atoms with Gasteiger partial charge in [0.05, 0.1) is 25.2 Å². The maximum Gasteiger partial charge on any atom is 0.305 e. The van der Waals surface area contributed by atoms with Gasteiger partial charge in [-0.05, 0) is 61.4 Å². The van der Waals surface area contributed by atoms with Gasteiger partial charge in [0, 0.05) is 32.0 Å². The third-order valence-corrected chi connectivity index (χ3v) is 10.5. The number of rotatable bonds is 18. The molecule has 59 heavy (non-hydrogen) atoms. The predicted molar refractivity (Wildman–Crippen MR) is 213 cm³/mol. The van der Waals surface area contributed by atoms with Gasteiger partial charge < -0.3 is 40.6 Å². The summed E-state index contributed by atoms with van der Waals surface area (Å²) in [5.41, 5.74) is 4.18. The molecule has 0 spiro atoms. The minimum atomic E-state index is -1.47. The summed E-state index contributed by atoms with van der Waals surface area (Å²) in [4.78, 5) is 107. The highest BCUT2D eigenvalue weighted by molar-refractivity contribution is 6.03. The summed E-state index contributed by atoms with van der Waals surface area (Å²) in [6, 6.07) is 14.8. The Labute approximate surface area is 341 Å². The number of ether oxygens (including phenoxy) is 1. The number of aldehydes is 1. The number of hydrogen-bond donors (Lipinski definition) is 5. The van der Waals surface area contributed by atoms with Gasteiger partial charge in [-0.3, -0.25) is 38.5 Å². The molecule has 0 aromatic heterocycles. The van der Waals surface area contributed by atoms with E-state index in [0.717, 1.165) is 22.3 Å². The zero-order valence-corrected chi connectivity index (χ0v) is 33.1. The molecule has 0 bridgehead atoms. The molecule has 3 aromatic rings. The SMILES string of the molecule is CC(=O)N1c2ccccc2CC1C(=O)NC(CCCC(=O)O)C(=O)N[C@H](C(=O)N1CCc2cc(C)ccc2[C@H]1C(=O)NC(C=O)CC(=O)O)[C@H](C)OCc1ccccc1. The highest BCUT2D eigenvalue weighted by Gasteiger charge is 2.43. The normalized spacial score (nSPS) is 17.6. The van der Waals surface area contributed by atoms with Gasteiger partial charge in [0.1, 0.15) is 30.5 Å². The van der Waals surface area contributed by atoms with Crippen molar-refractivity contribution in [2.75, 3.05) is 11.4 Å². The molecule has 16 nitrogen and oxygen atoms in total. The third-order valence-electron chi connectivity index (χ3n) is 10.5. The smallest absolute Gasteiger partial charge is 0.305 e. The van der Waals surface area contributed by atoms with Crippen LogP contribution in [0, 0.1) is 6.92 Å². The molecule has 312 valence electrons. The molecule has 0 aliphatic carbocycles. The molecule has 16 heteroatoms. The number of carboxylic acid groups (broad SMARTS) is 2. The molecular weight excluding hydrogens is 762 g/mol. The summed E-state index contributed by atoms with van der Waals surface area (Å²) in [6.07, 6.45) is -1.41. The molecular formula is C43H49N5O11. The number of carbonyl (C=O) groups is 8. The zero-order valence-electron chi connectivity index (χ0n) is 33.1. The number of fused-ring (bicyclic) bond motifs is 2. The van der Waals surface area contributed by atoms with E-state index in [1.807, 2.05) is 31.2 Å². The standard InChI is InChI=1S/C43H49N5O11/c1-25-16-17-32-29(20-25)18-19-47(39(32)42(57)44-31(23-49)22-37(53)54)43(58)38(26(2)59-24-28-10-5-4-6-11-28)46-40(55)33(13-9-15-36(51)52)45-41(56)35-21-30-12-7-8-14-34(30)48(35)27(3)50/h4-8,10-12,14,16-17,20,23,26,31,33,35,38-39H,9,13,15,18-19,21-22,24H2,1-3H3,(H,44,57)(H,45,56)(H,46,55)(H,51,52)(H,53,54)/t26-,31?,33?,35?,38-,39-/m0/s1. The molecule has 3 aromatic carbocycles. The zero-order chi connectivity index (χ0) is 42.8. The van der Waals surface area contributed by atoms with Gasteiger partial charge in [-0.2, -0.15) is 0 Å². The number of hydrogen-bond acceptors (Lipinski definition) is 9. The topological polar surface area (TPSA) is 229 Å². The second kappa shape index (κ2) is 19.8. The Morgan fingerprint density at radius 3 is 2.27 bits per heavy atom. The highest BCUT2D eigenvalue weighted by atomic mass is 16.5. The molecule has 5 amide bonds. The Hall–Kier alpha value is -6.42. The van der Waals surface area contributed by atoms with Crippen LogP contribution in [-0.2, 0) is 62.5 Å². The largest absolute Gasteiger partial charge is 0.481 e. The number of benzene rings is 3. The van der Waals surface area contributed by atoms with Crippen molar-refractivity contribution in [2.45, 2.75) is 102 Å². The highest BCUT2D eigenvalue weighted by Crippen LogP contribution is 2.34. The fourth-order valence-corrected chi connectivity index (χ4v) is 7.55. The van der Waals surface area contributed by atoms with Crippen molar-refractivity contribution in [3.05, 3.63) is 101 Å². The van der Waals surface area contributed by atoms with Gasteiger partial charge in [-0.25, -0.2) is 0 Å². The summed E-state index contributed by atoms with van der Waals surface area (Å²) in [6.45, 7) is 4.79. The van der Waals surface area contributed by atoms with Crippen LogP contribution in [-0.4, -0.2) is 99.7 Å². The lowest BCUT2D eigenvalue weighted by atomic mass is 9.89. The van der Waals surface area contributed by atoms with Gasteiger partial charge in [0.25, 0.3) is 0 Å². The van der Waals surface area contributed by atoms with Crippen LogP contribution in [0.4, 0.5) is 5.69 Å². The number of aliphatic carboxylic acids is 2. The summed E-state index contributed by atoms with van der Waals surface area (Å²) in [5, 5.41) is 26.6. The van der Waals surface area contributed by atoms with Gasteiger partial charge in [-0.1, -0.05) is 72.3 Å². The van der Waals surface area contributed by atoms with Crippen molar-refractivity contribution in [1.82, 2.24) is 20.9 Å². The number of nitrogens with zero attached hydrogens (tertiary/aromatic N) is 2. The summed E-state index contributed by atoms with van der Waals surface area (Å²) in [7, 11) is 0. The van der Waals surface area contributed by atoms with E-state index in [9.17, 15) is 48.6 Å². The van der Waals surface area contributed by atoms with E-state index in [4.69, 9.17) is 4.74 Å². The first-order chi connectivity index (χ1) is 28.2. The number of nitrogens with one attached hydrogen (secondary N) is 3. The van der Waals surface area contributed by atoms with Crippen LogP contribution in [0.1, 0.15) is 73.4 Å². The van der Waals surface area contributed by atoms with E-state index < -0.39 is 84.2 Å². The first-order valence-electron chi connectivity index (χ1n) is 19.4. The van der Waals surface area contributed by atoms with Crippen molar-refractivity contribution in [3.8, 4) is 0 Å². The molecule has 0 radical (unpaired) electrons. The van der Waals surface area contributed by atoms with E-state index in [0.29, 0.717) is 24.0 Å². The first kappa shape index (κ1) is 43.7. The summed E-state index contributed by atoms with van der Waals surface area (Å²) < 4.78 is 6.16. The third kappa shape index (κ3) is 11.0. The van der Waals surface area contributed by atoms with Gasteiger partial charge >= 0.3 is 11.9 Å². The Morgan fingerprint density at radius 2 is 1.59 bits per heavy atom. The maximum atomic E-state index is 14.9. The maximum absolute atomic E-state index is 14.9. The van der Waals surface area contributed by atoms with Crippen LogP contribution in [0.3, 0.4) is 0 Å². The Bertz CT molecular complexity index is 2080. The monoisotopic (exact) mass is 811 g/mol. The molecule has 0 saturated carbocycles. The summed E-state index contributed by atoms with van der Waals surface area (Å²) in [5.74, 6) is -5.88. The van der Waals surface area contributed by atoms with Crippen molar-refractivity contribution in [3.63, 3.8) is 0 Å². The van der Waals surface area contributed by atoms with Gasteiger partial charge in [0.15, 0.2) is 0 Å². The Kier molecular flexibility index (Phi) is 14.7. The molecule has 5 N–H and O–H groups in total. The Balaban J connectivity index is 1.47. The molecule has 3 unspecified atom stereocenters. The number of carboxylic acids is 2. The second-order valence-electron chi connectivity index (χ2n) is 14.8. The van der Waals surface area contributed by atoms with Crippen molar-refractivity contribution in [1.29, 1.82) is 0 Å². The van der Waals surface area contributed by atoms with E-state index in [1.54, 1.807) is 55.5 Å². The molecule has 0 fully saturated rings. The predicted octanol–water partition coefficient (Wildman–Crippen LogP) is 2.39.